The molecule has 2 heterocycles. The van der Waals surface area contributed by atoms with E-state index in [1.165, 1.54) is 50.8 Å². The molecule has 0 amide bonds. The van der Waals surface area contributed by atoms with Crippen molar-refractivity contribution in [2.75, 3.05) is 13.1 Å². The number of benzene rings is 1. The average Bonchev–Trinajstić information content (AvgIpc) is 2.96. The van der Waals surface area contributed by atoms with Crippen molar-refractivity contribution in [3.8, 4) is 0 Å². The van der Waals surface area contributed by atoms with Crippen LogP contribution in [0.15, 0.2) is 22.7 Å². The second-order valence-corrected chi connectivity index (χ2v) is 7.26. The Morgan fingerprint density at radius 3 is 2.90 bits per heavy atom. The molecule has 0 spiro atoms. The molecule has 3 rings (SSSR count). The van der Waals surface area contributed by atoms with Crippen LogP contribution in [0, 0.1) is 0 Å². The van der Waals surface area contributed by atoms with Gasteiger partial charge >= 0.3 is 0 Å². The molecule has 1 aromatic carbocycles. The van der Waals surface area contributed by atoms with Gasteiger partial charge in [-0.2, -0.15) is 0 Å². The zero-order chi connectivity index (χ0) is 13.9. The minimum Gasteiger partial charge on any atom is -0.312 e. The van der Waals surface area contributed by atoms with E-state index in [2.05, 4.69) is 32.2 Å². The maximum absolute atomic E-state index is 6.04. The van der Waals surface area contributed by atoms with Crippen molar-refractivity contribution in [1.82, 2.24) is 10.2 Å². The topological polar surface area (TPSA) is 15.3 Å². The summed E-state index contributed by atoms with van der Waals surface area (Å²) in [5, 5.41) is 4.49. The van der Waals surface area contributed by atoms with Gasteiger partial charge in [0.25, 0.3) is 0 Å². The first kappa shape index (κ1) is 14.8. The molecule has 2 aliphatic heterocycles. The van der Waals surface area contributed by atoms with Crippen molar-refractivity contribution in [3.63, 3.8) is 0 Å². The van der Waals surface area contributed by atoms with Gasteiger partial charge in [0, 0.05) is 28.1 Å². The molecule has 0 aliphatic carbocycles. The van der Waals surface area contributed by atoms with E-state index in [-0.39, 0.29) is 0 Å². The number of hydrogen-bond donors (Lipinski definition) is 1. The average molecular weight is 358 g/mol. The Balaban J connectivity index is 1.72. The lowest BCUT2D eigenvalue weighted by atomic mass is 9.94. The third kappa shape index (κ3) is 3.38. The molecule has 2 nitrogen and oxygen atoms in total. The first-order valence-corrected chi connectivity index (χ1v) is 8.82. The first-order chi connectivity index (χ1) is 9.74. The lowest BCUT2D eigenvalue weighted by Crippen LogP contribution is -2.49. The number of rotatable bonds is 3. The molecule has 110 valence electrons. The van der Waals surface area contributed by atoms with E-state index in [9.17, 15) is 0 Å². The highest BCUT2D eigenvalue weighted by atomic mass is 79.9. The van der Waals surface area contributed by atoms with Gasteiger partial charge in [-0.3, -0.25) is 4.90 Å². The van der Waals surface area contributed by atoms with Gasteiger partial charge in [0.1, 0.15) is 0 Å². The maximum atomic E-state index is 6.04. The number of nitrogens with zero attached hydrogens (tertiary/aromatic N) is 1. The van der Waals surface area contributed by atoms with Crippen molar-refractivity contribution in [3.05, 3.63) is 33.3 Å². The highest BCUT2D eigenvalue weighted by Gasteiger charge is 2.31. The summed E-state index contributed by atoms with van der Waals surface area (Å²) in [4.78, 5) is 2.67. The SMILES string of the molecule is Clc1ccc(CN2CCCCC2C2CCCN2)c(Br)c1. The molecule has 4 heteroatoms. The van der Waals surface area contributed by atoms with Gasteiger partial charge in [0.15, 0.2) is 0 Å². The number of hydrogen-bond acceptors (Lipinski definition) is 2. The zero-order valence-corrected chi connectivity index (χ0v) is 14.1. The molecule has 2 atom stereocenters. The molecule has 0 radical (unpaired) electrons. The van der Waals surface area contributed by atoms with Crippen LogP contribution in [-0.2, 0) is 6.54 Å². The van der Waals surface area contributed by atoms with Crippen molar-refractivity contribution in [2.45, 2.75) is 50.7 Å². The Labute approximate surface area is 135 Å². The van der Waals surface area contributed by atoms with E-state index < -0.39 is 0 Å². The van der Waals surface area contributed by atoms with Crippen LogP contribution in [0.2, 0.25) is 5.02 Å². The van der Waals surface area contributed by atoms with E-state index in [4.69, 9.17) is 11.6 Å². The van der Waals surface area contributed by atoms with E-state index in [0.29, 0.717) is 12.1 Å². The molecule has 20 heavy (non-hydrogen) atoms. The molecule has 0 bridgehead atoms. The highest BCUT2D eigenvalue weighted by Crippen LogP contribution is 2.28. The van der Waals surface area contributed by atoms with Gasteiger partial charge in [0.2, 0.25) is 0 Å². The fourth-order valence-corrected chi connectivity index (χ4v) is 4.39. The molecule has 2 aliphatic rings. The standard InChI is InChI=1S/C16H22BrClN2/c17-14-10-13(18)7-6-12(14)11-20-9-2-1-5-16(20)15-4-3-8-19-15/h6-7,10,15-16,19H,1-5,8-9,11H2. The van der Waals surface area contributed by atoms with Crippen LogP contribution in [0.4, 0.5) is 0 Å². The largest absolute Gasteiger partial charge is 0.312 e. The fourth-order valence-electron chi connectivity index (χ4n) is 3.58. The minimum atomic E-state index is 0.696. The van der Waals surface area contributed by atoms with Gasteiger partial charge in [-0.1, -0.05) is 40.0 Å². The van der Waals surface area contributed by atoms with Crippen LogP contribution in [0.3, 0.4) is 0 Å². The van der Waals surface area contributed by atoms with Gasteiger partial charge in [0.05, 0.1) is 0 Å². The Morgan fingerprint density at radius 2 is 2.15 bits per heavy atom. The Kier molecular flexibility index (Phi) is 5.03. The van der Waals surface area contributed by atoms with Crippen molar-refractivity contribution in [1.29, 1.82) is 0 Å². The monoisotopic (exact) mass is 356 g/mol. The van der Waals surface area contributed by atoms with E-state index in [1.54, 1.807) is 0 Å². The smallest absolute Gasteiger partial charge is 0.0417 e. The lowest BCUT2D eigenvalue weighted by molar-refractivity contribution is 0.112. The molecule has 1 N–H and O–H groups in total. The van der Waals surface area contributed by atoms with Crippen LogP contribution in [0.5, 0.6) is 0 Å². The molecule has 2 unspecified atom stereocenters. The number of likely N-dealkylation sites (tertiary alicyclic amines) is 1. The fraction of sp³-hybridized carbons (Fsp3) is 0.625. The Morgan fingerprint density at radius 1 is 1.25 bits per heavy atom. The van der Waals surface area contributed by atoms with Crippen LogP contribution in [0.1, 0.15) is 37.7 Å². The van der Waals surface area contributed by atoms with E-state index in [0.717, 1.165) is 16.0 Å². The third-order valence-corrected chi connectivity index (χ3v) is 5.59. The lowest BCUT2D eigenvalue weighted by Gasteiger charge is -2.39. The molecular formula is C16H22BrClN2. The summed E-state index contributed by atoms with van der Waals surface area (Å²) in [7, 11) is 0. The number of nitrogens with one attached hydrogen (secondary N) is 1. The second-order valence-electron chi connectivity index (χ2n) is 5.97. The van der Waals surface area contributed by atoms with Gasteiger partial charge < -0.3 is 5.32 Å². The van der Waals surface area contributed by atoms with Gasteiger partial charge in [-0.15, -0.1) is 0 Å². The minimum absolute atomic E-state index is 0.696. The Hall–Kier alpha value is -0.0900. The van der Waals surface area contributed by atoms with Crippen molar-refractivity contribution in [2.24, 2.45) is 0 Å². The summed E-state index contributed by atoms with van der Waals surface area (Å²) in [6.45, 7) is 3.44. The summed E-state index contributed by atoms with van der Waals surface area (Å²) in [6, 6.07) is 7.55. The second kappa shape index (κ2) is 6.78. The van der Waals surface area contributed by atoms with E-state index >= 15 is 0 Å². The van der Waals surface area contributed by atoms with Crippen molar-refractivity contribution < 1.29 is 0 Å². The van der Waals surface area contributed by atoms with Crippen molar-refractivity contribution >= 4 is 27.5 Å². The predicted octanol–water partition coefficient (Wildman–Crippen LogP) is 4.21. The number of halogens is 2. The normalized spacial score (nSPS) is 27.9. The maximum Gasteiger partial charge on any atom is 0.0417 e. The summed E-state index contributed by atoms with van der Waals surface area (Å²) >= 11 is 9.69. The van der Waals surface area contributed by atoms with Crippen LogP contribution in [-0.4, -0.2) is 30.1 Å². The summed E-state index contributed by atoms with van der Waals surface area (Å²) < 4.78 is 1.13. The highest BCUT2D eigenvalue weighted by molar-refractivity contribution is 9.10. The molecule has 2 saturated heterocycles. The Bertz CT molecular complexity index is 460. The van der Waals surface area contributed by atoms with Crippen LogP contribution in [0.25, 0.3) is 0 Å². The third-order valence-electron chi connectivity index (χ3n) is 4.62. The summed E-state index contributed by atoms with van der Waals surface area (Å²) in [5.74, 6) is 0. The molecule has 0 saturated carbocycles. The summed E-state index contributed by atoms with van der Waals surface area (Å²) in [6.07, 6.45) is 6.71. The molecule has 0 aromatic heterocycles. The molecule has 1 aromatic rings. The van der Waals surface area contributed by atoms with Gasteiger partial charge in [-0.25, -0.2) is 0 Å². The molecule has 2 fully saturated rings. The summed E-state index contributed by atoms with van der Waals surface area (Å²) in [5.41, 5.74) is 1.35. The van der Waals surface area contributed by atoms with Crippen LogP contribution >= 0.6 is 27.5 Å². The first-order valence-electron chi connectivity index (χ1n) is 7.65. The van der Waals surface area contributed by atoms with Crippen LogP contribution < -0.4 is 5.32 Å². The quantitative estimate of drug-likeness (QED) is 0.872. The van der Waals surface area contributed by atoms with E-state index in [1.807, 2.05) is 12.1 Å². The van der Waals surface area contributed by atoms with Gasteiger partial charge in [-0.05, 0) is 56.5 Å². The zero-order valence-electron chi connectivity index (χ0n) is 11.7. The molecular weight excluding hydrogens is 336 g/mol. The predicted molar refractivity (Wildman–Crippen MR) is 88.2 cm³/mol. The number of piperidine rings is 1.